The number of benzene rings is 2. The molecule has 0 bridgehead atoms. The van der Waals surface area contributed by atoms with E-state index in [-0.39, 0.29) is 23.8 Å². The predicted molar refractivity (Wildman–Crippen MR) is 131 cm³/mol. The summed E-state index contributed by atoms with van der Waals surface area (Å²) in [5, 5.41) is 15.5. The number of fused-ring (bicyclic) bond motifs is 1. The Hall–Kier alpha value is -3.70. The van der Waals surface area contributed by atoms with Crippen molar-refractivity contribution in [2.24, 2.45) is 10.1 Å². The fraction of sp³-hybridized carbons (Fsp3) is 0.250. The Morgan fingerprint density at radius 3 is 2.74 bits per heavy atom. The van der Waals surface area contributed by atoms with E-state index in [0.29, 0.717) is 59.3 Å². The Balaban J connectivity index is 1.35. The molecule has 1 amide bonds. The van der Waals surface area contributed by atoms with Crippen molar-refractivity contribution >= 4 is 39.9 Å². The molecule has 9 nitrogen and oxygen atoms in total. The molecular weight excluding hydrogens is 473 g/mol. The Morgan fingerprint density at radius 1 is 1.17 bits per heavy atom. The number of amidine groups is 3. The van der Waals surface area contributed by atoms with E-state index >= 15 is 0 Å². The molecule has 1 fully saturated rings. The molecule has 2 aromatic carbocycles. The van der Waals surface area contributed by atoms with Crippen molar-refractivity contribution in [3.05, 3.63) is 65.0 Å². The molecular formula is C24H22FN5O4S. The number of carbonyl (C=O) groups excluding carboxylic acids is 1. The standard InChI is InChI=1S/C24H22FN5O4S/c1-32-20-13-15(6-7-19(20)34-14-16-4-2-3-5-18(16)25)12-17-21(26)30-23(27-22(17)31)35-24(28-30)29-8-10-33-11-9-29/h2-7,12-13,26H,8-11,14H2,1H3/b17-12+,26-21?. The Morgan fingerprint density at radius 2 is 1.97 bits per heavy atom. The first-order valence-corrected chi connectivity index (χ1v) is 11.7. The van der Waals surface area contributed by atoms with Gasteiger partial charge in [0, 0.05) is 18.7 Å². The maximum atomic E-state index is 13.9. The molecule has 1 saturated heterocycles. The largest absolute Gasteiger partial charge is 0.493 e. The van der Waals surface area contributed by atoms with Gasteiger partial charge in [-0.2, -0.15) is 10.0 Å². The fourth-order valence-electron chi connectivity index (χ4n) is 3.70. The molecule has 2 aromatic rings. The summed E-state index contributed by atoms with van der Waals surface area (Å²) in [6, 6.07) is 11.5. The summed E-state index contributed by atoms with van der Waals surface area (Å²) in [4.78, 5) is 18.9. The van der Waals surface area contributed by atoms with Crippen LogP contribution in [0.2, 0.25) is 0 Å². The van der Waals surface area contributed by atoms with Gasteiger partial charge in [-0.1, -0.05) is 24.3 Å². The van der Waals surface area contributed by atoms with E-state index in [9.17, 15) is 9.18 Å². The molecule has 0 aliphatic carbocycles. The number of thioether (sulfide) groups is 1. The maximum absolute atomic E-state index is 13.9. The van der Waals surface area contributed by atoms with Crippen LogP contribution in [0.25, 0.3) is 6.08 Å². The summed E-state index contributed by atoms with van der Waals surface area (Å²) in [7, 11) is 1.50. The van der Waals surface area contributed by atoms with Crippen LogP contribution in [0.5, 0.6) is 11.5 Å². The van der Waals surface area contributed by atoms with Crippen molar-refractivity contribution in [2.75, 3.05) is 33.4 Å². The minimum absolute atomic E-state index is 0.0419. The number of ether oxygens (including phenoxy) is 3. The van der Waals surface area contributed by atoms with E-state index < -0.39 is 5.91 Å². The summed E-state index contributed by atoms with van der Waals surface area (Å²) in [6.45, 7) is 2.65. The van der Waals surface area contributed by atoms with E-state index in [1.807, 2.05) is 0 Å². The SMILES string of the molecule is COc1cc(/C=C2\C(=N)N3N=C(N4CCOCC4)SC3=NC2=O)ccc1OCc1ccccc1F. The Bertz CT molecular complexity index is 1270. The number of nitrogens with zero attached hydrogens (tertiary/aromatic N) is 4. The number of amides is 1. The first kappa shape index (κ1) is 23.1. The highest BCUT2D eigenvalue weighted by molar-refractivity contribution is 8.26. The molecule has 35 heavy (non-hydrogen) atoms. The van der Waals surface area contributed by atoms with Gasteiger partial charge in [-0.3, -0.25) is 10.2 Å². The highest BCUT2D eigenvalue weighted by atomic mass is 32.2. The Labute approximate surface area is 205 Å². The van der Waals surface area contributed by atoms with Crippen LogP contribution in [-0.2, 0) is 16.1 Å². The van der Waals surface area contributed by atoms with Crippen LogP contribution in [0.1, 0.15) is 11.1 Å². The van der Waals surface area contributed by atoms with E-state index in [2.05, 4.69) is 15.0 Å². The van der Waals surface area contributed by atoms with Gasteiger partial charge in [0.05, 0.1) is 25.9 Å². The lowest BCUT2D eigenvalue weighted by molar-refractivity contribution is -0.114. The zero-order valence-corrected chi connectivity index (χ0v) is 19.7. The van der Waals surface area contributed by atoms with E-state index in [4.69, 9.17) is 19.6 Å². The lowest BCUT2D eigenvalue weighted by Gasteiger charge is -2.26. The van der Waals surface area contributed by atoms with Crippen molar-refractivity contribution < 1.29 is 23.4 Å². The van der Waals surface area contributed by atoms with Gasteiger partial charge in [0.2, 0.25) is 5.17 Å². The van der Waals surface area contributed by atoms with E-state index in [1.54, 1.807) is 42.5 Å². The van der Waals surface area contributed by atoms with Crippen LogP contribution < -0.4 is 9.47 Å². The molecule has 1 N–H and O–H groups in total. The average molecular weight is 496 g/mol. The third-order valence-electron chi connectivity index (χ3n) is 5.57. The number of carbonyl (C=O) groups is 1. The molecule has 3 heterocycles. The minimum atomic E-state index is -0.508. The molecule has 180 valence electrons. The molecule has 5 rings (SSSR count). The van der Waals surface area contributed by atoms with Gasteiger partial charge in [-0.15, -0.1) is 5.10 Å². The molecule has 0 unspecified atom stereocenters. The molecule has 0 atom stereocenters. The number of nitrogens with one attached hydrogen (secondary N) is 1. The summed E-state index contributed by atoms with van der Waals surface area (Å²) in [5.41, 5.74) is 1.16. The normalized spacial score (nSPS) is 19.0. The van der Waals surface area contributed by atoms with Gasteiger partial charge in [-0.05, 0) is 41.6 Å². The second-order valence-electron chi connectivity index (χ2n) is 7.79. The number of morpholine rings is 1. The van der Waals surface area contributed by atoms with Crippen LogP contribution >= 0.6 is 11.8 Å². The molecule has 0 spiro atoms. The number of halogens is 1. The number of hydrogen-bond donors (Lipinski definition) is 1. The Kier molecular flexibility index (Phi) is 6.51. The quantitative estimate of drug-likeness (QED) is 0.635. The number of methoxy groups -OCH3 is 1. The summed E-state index contributed by atoms with van der Waals surface area (Å²) in [5.74, 6) is -0.0554. The van der Waals surface area contributed by atoms with Crippen LogP contribution in [0, 0.1) is 11.2 Å². The summed E-state index contributed by atoms with van der Waals surface area (Å²) in [6.07, 6.45) is 1.57. The van der Waals surface area contributed by atoms with Crippen molar-refractivity contribution in [3.63, 3.8) is 0 Å². The average Bonchev–Trinajstić information content (AvgIpc) is 3.31. The van der Waals surface area contributed by atoms with Crippen molar-refractivity contribution in [3.8, 4) is 11.5 Å². The minimum Gasteiger partial charge on any atom is -0.493 e. The lowest BCUT2D eigenvalue weighted by Crippen LogP contribution is -2.39. The van der Waals surface area contributed by atoms with Gasteiger partial charge in [0.1, 0.15) is 12.4 Å². The smallest absolute Gasteiger partial charge is 0.283 e. The summed E-state index contributed by atoms with van der Waals surface area (Å²) < 4.78 is 30.5. The van der Waals surface area contributed by atoms with E-state index in [0.717, 1.165) is 0 Å². The maximum Gasteiger partial charge on any atom is 0.283 e. The van der Waals surface area contributed by atoms with Crippen LogP contribution in [0.15, 0.2) is 58.1 Å². The molecule has 0 saturated carbocycles. The van der Waals surface area contributed by atoms with E-state index in [1.165, 1.54) is 29.9 Å². The highest BCUT2D eigenvalue weighted by Gasteiger charge is 2.37. The van der Waals surface area contributed by atoms with Gasteiger partial charge in [0.25, 0.3) is 5.91 Å². The molecule has 3 aliphatic heterocycles. The number of hydrazone groups is 1. The third-order valence-corrected chi connectivity index (χ3v) is 6.53. The van der Waals surface area contributed by atoms with Gasteiger partial charge < -0.3 is 19.1 Å². The molecule has 0 aromatic heterocycles. The van der Waals surface area contributed by atoms with Crippen LogP contribution in [-0.4, -0.2) is 65.4 Å². The third kappa shape index (κ3) is 4.77. The second-order valence-corrected chi connectivity index (χ2v) is 8.73. The monoisotopic (exact) mass is 495 g/mol. The van der Waals surface area contributed by atoms with Crippen LogP contribution in [0.4, 0.5) is 4.39 Å². The zero-order chi connectivity index (χ0) is 24.4. The molecule has 0 radical (unpaired) electrons. The molecule has 11 heteroatoms. The number of rotatable bonds is 5. The van der Waals surface area contributed by atoms with Crippen LogP contribution in [0.3, 0.4) is 0 Å². The number of aliphatic imine (C=N–C) groups is 1. The first-order valence-electron chi connectivity index (χ1n) is 10.9. The van der Waals surface area contributed by atoms with Gasteiger partial charge >= 0.3 is 0 Å². The fourth-order valence-corrected chi connectivity index (χ4v) is 4.64. The van der Waals surface area contributed by atoms with Crippen molar-refractivity contribution in [1.82, 2.24) is 9.91 Å². The predicted octanol–water partition coefficient (Wildman–Crippen LogP) is 3.32. The van der Waals surface area contributed by atoms with Gasteiger partial charge in [0.15, 0.2) is 22.5 Å². The second kappa shape index (κ2) is 9.88. The van der Waals surface area contributed by atoms with Crippen molar-refractivity contribution in [2.45, 2.75) is 6.61 Å². The first-order chi connectivity index (χ1) is 17.0. The lowest BCUT2D eigenvalue weighted by atomic mass is 10.1. The highest BCUT2D eigenvalue weighted by Crippen LogP contribution is 2.32. The topological polar surface area (TPSA) is 99.8 Å². The molecule has 3 aliphatic rings. The zero-order valence-electron chi connectivity index (χ0n) is 18.9. The number of hydrogen-bond acceptors (Lipinski definition) is 8. The van der Waals surface area contributed by atoms with Gasteiger partial charge in [-0.25, -0.2) is 4.39 Å². The van der Waals surface area contributed by atoms with Crippen molar-refractivity contribution in [1.29, 1.82) is 5.41 Å². The summed E-state index contributed by atoms with van der Waals surface area (Å²) >= 11 is 1.27.